The van der Waals surface area contributed by atoms with Gasteiger partial charge in [-0.2, -0.15) is 10.2 Å². The highest BCUT2D eigenvalue weighted by atomic mass is 32.2. The van der Waals surface area contributed by atoms with Gasteiger partial charge in [0, 0.05) is 41.7 Å². The van der Waals surface area contributed by atoms with Gasteiger partial charge in [-0.05, 0) is 84.6 Å². The SMILES string of the molecule is Cc1nn(C)c2ccc(-c3ccc4c(c3)Sc3cc(-c5ccc6c(c5)c(C)nn6C)ccc3N4C)cc12. The minimum atomic E-state index is 1.06. The number of aryl methyl sites for hydroxylation is 4. The van der Waals surface area contributed by atoms with E-state index in [1.54, 1.807) is 0 Å². The Morgan fingerprint density at radius 2 is 0.946 bits per heavy atom. The van der Waals surface area contributed by atoms with E-state index in [9.17, 15) is 0 Å². The summed E-state index contributed by atoms with van der Waals surface area (Å²) in [6.07, 6.45) is 0. The molecule has 0 spiro atoms. The van der Waals surface area contributed by atoms with E-state index in [1.165, 1.54) is 54.2 Å². The third-order valence-electron chi connectivity index (χ3n) is 7.60. The molecule has 6 aromatic rings. The standard InChI is InChI=1S/C31H27N5S/c1-18-24-14-20(6-10-26(24)35(4)32-18)22-8-12-28-30(16-22)37-31-17-23(9-13-29(31)34(28)3)21-7-11-27-25(15-21)19(2)33-36(27)5/h6-17H,1-5H3. The first-order valence-electron chi connectivity index (χ1n) is 12.4. The Labute approximate surface area is 220 Å². The van der Waals surface area contributed by atoms with Gasteiger partial charge in [0.15, 0.2) is 0 Å². The van der Waals surface area contributed by atoms with Crippen LogP contribution in [0.1, 0.15) is 11.4 Å². The summed E-state index contributed by atoms with van der Waals surface area (Å²) in [5, 5.41) is 11.6. The molecule has 0 radical (unpaired) electrons. The van der Waals surface area contributed by atoms with Crippen molar-refractivity contribution in [3.05, 3.63) is 84.2 Å². The van der Waals surface area contributed by atoms with Crippen molar-refractivity contribution in [1.82, 2.24) is 19.6 Å². The Morgan fingerprint density at radius 3 is 1.41 bits per heavy atom. The Kier molecular flexibility index (Phi) is 4.79. The third kappa shape index (κ3) is 3.39. The highest BCUT2D eigenvalue weighted by Gasteiger charge is 2.22. The molecule has 0 saturated carbocycles. The van der Waals surface area contributed by atoms with Gasteiger partial charge in [0.05, 0.1) is 33.8 Å². The van der Waals surface area contributed by atoms with Crippen molar-refractivity contribution in [3.63, 3.8) is 0 Å². The van der Waals surface area contributed by atoms with Gasteiger partial charge >= 0.3 is 0 Å². The molecule has 4 aromatic carbocycles. The molecule has 3 heterocycles. The van der Waals surface area contributed by atoms with Crippen molar-refractivity contribution in [3.8, 4) is 22.3 Å². The number of rotatable bonds is 2. The summed E-state index contributed by atoms with van der Waals surface area (Å²) < 4.78 is 3.90. The van der Waals surface area contributed by atoms with Gasteiger partial charge in [-0.3, -0.25) is 9.36 Å². The molecular weight excluding hydrogens is 474 g/mol. The molecule has 0 N–H and O–H groups in total. The molecule has 7 rings (SSSR count). The van der Waals surface area contributed by atoms with Crippen molar-refractivity contribution in [2.45, 2.75) is 23.6 Å². The van der Waals surface area contributed by atoms with Crippen LogP contribution in [0.2, 0.25) is 0 Å². The molecule has 1 aliphatic heterocycles. The smallest absolute Gasteiger partial charge is 0.0682 e. The first-order valence-corrected chi connectivity index (χ1v) is 13.3. The number of nitrogens with zero attached hydrogens (tertiary/aromatic N) is 5. The van der Waals surface area contributed by atoms with Gasteiger partial charge in [0.25, 0.3) is 0 Å². The Bertz CT molecular complexity index is 1740. The third-order valence-corrected chi connectivity index (χ3v) is 8.69. The predicted molar refractivity (Wildman–Crippen MR) is 154 cm³/mol. The van der Waals surface area contributed by atoms with Crippen LogP contribution in [-0.4, -0.2) is 26.6 Å². The number of hydrogen-bond donors (Lipinski definition) is 0. The van der Waals surface area contributed by atoms with Crippen LogP contribution in [0.4, 0.5) is 11.4 Å². The van der Waals surface area contributed by atoms with Crippen LogP contribution in [0, 0.1) is 13.8 Å². The molecule has 0 atom stereocenters. The lowest BCUT2D eigenvalue weighted by Gasteiger charge is -2.30. The average Bonchev–Trinajstić information content (AvgIpc) is 3.36. The molecule has 0 amide bonds. The van der Waals surface area contributed by atoms with Crippen LogP contribution in [-0.2, 0) is 14.1 Å². The van der Waals surface area contributed by atoms with Crippen molar-refractivity contribution >= 4 is 44.9 Å². The molecule has 0 saturated heterocycles. The predicted octanol–water partition coefficient (Wildman–Crippen LogP) is 7.64. The highest BCUT2D eigenvalue weighted by Crippen LogP contribution is 2.49. The molecule has 37 heavy (non-hydrogen) atoms. The number of hydrogen-bond acceptors (Lipinski definition) is 4. The van der Waals surface area contributed by atoms with Gasteiger partial charge in [0.1, 0.15) is 0 Å². The Morgan fingerprint density at radius 1 is 0.541 bits per heavy atom. The van der Waals surface area contributed by atoms with Gasteiger partial charge < -0.3 is 4.90 Å². The topological polar surface area (TPSA) is 38.9 Å². The van der Waals surface area contributed by atoms with Gasteiger partial charge in [0.2, 0.25) is 0 Å². The first kappa shape index (κ1) is 22.2. The zero-order chi connectivity index (χ0) is 25.4. The molecule has 0 unspecified atom stereocenters. The summed E-state index contributed by atoms with van der Waals surface area (Å²) in [6, 6.07) is 26.9. The fraction of sp³-hybridized carbons (Fsp3) is 0.161. The van der Waals surface area contributed by atoms with E-state index in [0.717, 1.165) is 22.4 Å². The van der Waals surface area contributed by atoms with E-state index in [2.05, 4.69) is 109 Å². The van der Waals surface area contributed by atoms with Gasteiger partial charge in [-0.15, -0.1) is 0 Å². The zero-order valence-corrected chi connectivity index (χ0v) is 22.4. The van der Waals surface area contributed by atoms with Crippen LogP contribution >= 0.6 is 11.8 Å². The molecule has 182 valence electrons. The minimum absolute atomic E-state index is 1.06. The molecule has 1 aliphatic rings. The lowest BCUT2D eigenvalue weighted by atomic mass is 10.0. The fourth-order valence-corrected chi connectivity index (χ4v) is 6.82. The highest BCUT2D eigenvalue weighted by molar-refractivity contribution is 7.99. The summed E-state index contributed by atoms with van der Waals surface area (Å²) in [5.41, 5.74) is 11.8. The maximum absolute atomic E-state index is 4.59. The molecule has 0 bridgehead atoms. The van der Waals surface area contributed by atoms with E-state index in [0.29, 0.717) is 0 Å². The van der Waals surface area contributed by atoms with Gasteiger partial charge in [-0.1, -0.05) is 36.0 Å². The zero-order valence-electron chi connectivity index (χ0n) is 21.6. The van der Waals surface area contributed by atoms with Crippen LogP contribution in [0.25, 0.3) is 44.1 Å². The van der Waals surface area contributed by atoms with Crippen LogP contribution in [0.3, 0.4) is 0 Å². The summed E-state index contributed by atoms with van der Waals surface area (Å²) >= 11 is 1.85. The van der Waals surface area contributed by atoms with Crippen LogP contribution < -0.4 is 4.90 Å². The first-order chi connectivity index (χ1) is 17.9. The average molecular weight is 502 g/mol. The van der Waals surface area contributed by atoms with Crippen molar-refractivity contribution in [2.24, 2.45) is 14.1 Å². The Hall–Kier alpha value is -4.03. The van der Waals surface area contributed by atoms with E-state index >= 15 is 0 Å². The number of fused-ring (bicyclic) bond motifs is 4. The van der Waals surface area contributed by atoms with E-state index in [1.807, 2.05) is 35.2 Å². The number of aromatic nitrogens is 4. The normalized spacial score (nSPS) is 12.8. The van der Waals surface area contributed by atoms with Crippen molar-refractivity contribution in [2.75, 3.05) is 11.9 Å². The minimum Gasteiger partial charge on any atom is -0.343 e. The maximum atomic E-state index is 4.59. The maximum Gasteiger partial charge on any atom is 0.0682 e. The van der Waals surface area contributed by atoms with Crippen LogP contribution in [0.15, 0.2) is 82.6 Å². The number of benzene rings is 4. The lowest BCUT2D eigenvalue weighted by Crippen LogP contribution is -2.14. The molecular formula is C31H27N5S. The van der Waals surface area contributed by atoms with E-state index in [-0.39, 0.29) is 0 Å². The largest absolute Gasteiger partial charge is 0.343 e. The fourth-order valence-electron chi connectivity index (χ4n) is 5.59. The summed E-state index contributed by atoms with van der Waals surface area (Å²) in [4.78, 5) is 4.84. The monoisotopic (exact) mass is 501 g/mol. The summed E-state index contributed by atoms with van der Waals surface area (Å²) in [5.74, 6) is 0. The van der Waals surface area contributed by atoms with Crippen molar-refractivity contribution in [1.29, 1.82) is 0 Å². The molecule has 0 aliphatic carbocycles. The van der Waals surface area contributed by atoms with E-state index in [4.69, 9.17) is 0 Å². The second-order valence-corrected chi connectivity index (χ2v) is 11.0. The molecule has 5 nitrogen and oxygen atoms in total. The van der Waals surface area contributed by atoms with Crippen LogP contribution in [0.5, 0.6) is 0 Å². The molecule has 0 fully saturated rings. The van der Waals surface area contributed by atoms with Gasteiger partial charge in [-0.25, -0.2) is 0 Å². The van der Waals surface area contributed by atoms with E-state index < -0.39 is 0 Å². The quantitative estimate of drug-likeness (QED) is 0.244. The molecule has 2 aromatic heterocycles. The second kappa shape index (κ2) is 7.98. The second-order valence-electron chi connectivity index (χ2n) is 9.91. The summed E-state index contributed by atoms with van der Waals surface area (Å²) in [7, 11) is 6.16. The molecule has 6 heteroatoms. The summed E-state index contributed by atoms with van der Waals surface area (Å²) in [6.45, 7) is 4.15. The lowest BCUT2D eigenvalue weighted by molar-refractivity contribution is 0.783. The van der Waals surface area contributed by atoms with Crippen molar-refractivity contribution < 1.29 is 0 Å². The Balaban J connectivity index is 1.28. The number of anilines is 2.